The van der Waals surface area contributed by atoms with Crippen LogP contribution < -0.4 is 15.5 Å². The average molecular weight is 330 g/mol. The molecule has 1 aliphatic carbocycles. The van der Waals surface area contributed by atoms with Gasteiger partial charge in [-0.25, -0.2) is 4.98 Å². The Balaban J connectivity index is 1.34. The van der Waals surface area contributed by atoms with Crippen LogP contribution in [0.5, 0.6) is 0 Å². The molecule has 6 nitrogen and oxygen atoms in total. The van der Waals surface area contributed by atoms with Gasteiger partial charge in [0.05, 0.1) is 31.1 Å². The van der Waals surface area contributed by atoms with E-state index in [0.717, 1.165) is 38.4 Å². The minimum atomic E-state index is -0.0705. The zero-order chi connectivity index (χ0) is 16.4. The molecule has 6 heteroatoms. The van der Waals surface area contributed by atoms with Crippen LogP contribution in [0.25, 0.3) is 0 Å². The number of fused-ring (bicyclic) bond motifs is 1. The fraction of sp³-hybridized carbons (Fsp3) is 0.667. The van der Waals surface area contributed by atoms with Gasteiger partial charge in [0.15, 0.2) is 0 Å². The zero-order valence-corrected chi connectivity index (χ0v) is 14.0. The molecule has 24 heavy (non-hydrogen) atoms. The Kier molecular flexibility index (Phi) is 4.67. The lowest BCUT2D eigenvalue weighted by atomic mass is 9.85. The van der Waals surface area contributed by atoms with Crippen LogP contribution in [0.1, 0.15) is 32.1 Å². The second-order valence-corrected chi connectivity index (χ2v) is 7.10. The molecule has 3 fully saturated rings. The van der Waals surface area contributed by atoms with Gasteiger partial charge >= 0.3 is 0 Å². The first-order valence-electron chi connectivity index (χ1n) is 9.15. The van der Waals surface area contributed by atoms with Gasteiger partial charge in [-0.2, -0.15) is 0 Å². The largest absolute Gasteiger partial charge is 0.378 e. The minimum Gasteiger partial charge on any atom is -0.378 e. The standard InChI is InChI=1S/C18H26N4O2/c23-18(16-11-13-3-1-2-4-15(13)20-16)21-17-6-5-14(12-19-17)22-7-9-24-10-8-22/h5-6,12-13,15-16,20H,1-4,7-11H2,(H,19,21,23). The van der Waals surface area contributed by atoms with E-state index in [2.05, 4.69) is 20.5 Å². The molecule has 0 spiro atoms. The first-order valence-corrected chi connectivity index (χ1v) is 9.15. The van der Waals surface area contributed by atoms with Crippen molar-refractivity contribution in [3.63, 3.8) is 0 Å². The Labute approximate surface area is 143 Å². The van der Waals surface area contributed by atoms with Gasteiger partial charge in [0, 0.05) is 19.1 Å². The van der Waals surface area contributed by atoms with Crippen LogP contribution in [0.2, 0.25) is 0 Å². The molecule has 1 amide bonds. The molecular formula is C18H26N4O2. The zero-order valence-electron chi connectivity index (χ0n) is 14.0. The first-order chi connectivity index (χ1) is 11.8. The molecule has 0 aromatic carbocycles. The molecule has 4 rings (SSSR count). The molecule has 2 saturated heterocycles. The maximum absolute atomic E-state index is 12.5. The number of carbonyl (C=O) groups is 1. The summed E-state index contributed by atoms with van der Waals surface area (Å²) in [5.41, 5.74) is 1.08. The molecule has 3 atom stereocenters. The van der Waals surface area contributed by atoms with Crippen molar-refractivity contribution in [1.82, 2.24) is 10.3 Å². The number of ether oxygens (including phenoxy) is 1. The predicted molar refractivity (Wildman–Crippen MR) is 93.2 cm³/mol. The van der Waals surface area contributed by atoms with Gasteiger partial charge in [-0.1, -0.05) is 12.8 Å². The Morgan fingerprint density at radius 3 is 2.83 bits per heavy atom. The van der Waals surface area contributed by atoms with Gasteiger partial charge in [0.1, 0.15) is 5.82 Å². The second kappa shape index (κ2) is 7.07. The van der Waals surface area contributed by atoms with E-state index in [-0.39, 0.29) is 11.9 Å². The number of rotatable bonds is 3. The van der Waals surface area contributed by atoms with Crippen LogP contribution in [0.3, 0.4) is 0 Å². The summed E-state index contributed by atoms with van der Waals surface area (Å²) in [6.45, 7) is 3.30. The molecule has 3 aliphatic rings. The van der Waals surface area contributed by atoms with Crippen LogP contribution in [-0.4, -0.2) is 49.3 Å². The smallest absolute Gasteiger partial charge is 0.242 e. The SMILES string of the molecule is O=C(Nc1ccc(N2CCOCC2)cn1)C1CC2CCCCC2N1. The van der Waals surface area contributed by atoms with Gasteiger partial charge in [0.2, 0.25) is 5.91 Å². The maximum Gasteiger partial charge on any atom is 0.242 e. The number of morpholine rings is 1. The van der Waals surface area contributed by atoms with Crippen molar-refractivity contribution in [2.24, 2.45) is 5.92 Å². The van der Waals surface area contributed by atoms with Crippen molar-refractivity contribution in [2.75, 3.05) is 36.5 Å². The molecule has 130 valence electrons. The lowest BCUT2D eigenvalue weighted by Gasteiger charge is -2.28. The summed E-state index contributed by atoms with van der Waals surface area (Å²) in [4.78, 5) is 19.2. The topological polar surface area (TPSA) is 66.5 Å². The summed E-state index contributed by atoms with van der Waals surface area (Å²) in [5, 5.41) is 6.48. The Bertz CT molecular complexity index is 557. The van der Waals surface area contributed by atoms with Crippen molar-refractivity contribution in [3.8, 4) is 0 Å². The van der Waals surface area contributed by atoms with E-state index in [1.807, 2.05) is 18.3 Å². The number of anilines is 2. The minimum absolute atomic E-state index is 0.0519. The van der Waals surface area contributed by atoms with E-state index in [1.165, 1.54) is 25.7 Å². The van der Waals surface area contributed by atoms with Crippen molar-refractivity contribution in [1.29, 1.82) is 0 Å². The number of nitrogens with one attached hydrogen (secondary N) is 2. The molecule has 1 saturated carbocycles. The molecule has 3 heterocycles. The third-order valence-electron chi connectivity index (χ3n) is 5.55. The van der Waals surface area contributed by atoms with Crippen LogP contribution in [0.4, 0.5) is 11.5 Å². The van der Waals surface area contributed by atoms with Gasteiger partial charge in [-0.3, -0.25) is 4.79 Å². The number of carbonyl (C=O) groups excluding carboxylic acids is 1. The normalized spacial score (nSPS) is 30.0. The molecule has 0 radical (unpaired) electrons. The summed E-state index contributed by atoms with van der Waals surface area (Å²) in [5.74, 6) is 1.36. The van der Waals surface area contributed by atoms with E-state index in [0.29, 0.717) is 17.8 Å². The second-order valence-electron chi connectivity index (χ2n) is 7.10. The van der Waals surface area contributed by atoms with Gasteiger partial charge in [-0.05, 0) is 37.3 Å². The third-order valence-corrected chi connectivity index (χ3v) is 5.55. The predicted octanol–water partition coefficient (Wildman–Crippen LogP) is 1.78. The van der Waals surface area contributed by atoms with Gasteiger partial charge in [-0.15, -0.1) is 0 Å². The number of nitrogens with zero attached hydrogens (tertiary/aromatic N) is 2. The average Bonchev–Trinajstić information content (AvgIpc) is 3.07. The Hall–Kier alpha value is -1.66. The first kappa shape index (κ1) is 15.8. The van der Waals surface area contributed by atoms with Gasteiger partial charge in [0.25, 0.3) is 0 Å². The molecule has 3 unspecified atom stereocenters. The van der Waals surface area contributed by atoms with E-state index in [4.69, 9.17) is 4.74 Å². The van der Waals surface area contributed by atoms with E-state index in [1.54, 1.807) is 0 Å². The molecule has 0 bridgehead atoms. The van der Waals surface area contributed by atoms with Crippen LogP contribution >= 0.6 is 0 Å². The van der Waals surface area contributed by atoms with Crippen LogP contribution in [-0.2, 0) is 9.53 Å². The summed E-state index contributed by atoms with van der Waals surface area (Å²) < 4.78 is 5.37. The Morgan fingerprint density at radius 1 is 1.25 bits per heavy atom. The number of pyridine rings is 1. The summed E-state index contributed by atoms with van der Waals surface area (Å²) in [6.07, 6.45) is 7.86. The fourth-order valence-corrected chi connectivity index (χ4v) is 4.20. The molecular weight excluding hydrogens is 304 g/mol. The highest BCUT2D eigenvalue weighted by Gasteiger charge is 2.38. The molecule has 1 aromatic heterocycles. The lowest BCUT2D eigenvalue weighted by molar-refractivity contribution is -0.117. The van der Waals surface area contributed by atoms with E-state index in [9.17, 15) is 4.79 Å². The number of hydrogen-bond acceptors (Lipinski definition) is 5. The van der Waals surface area contributed by atoms with Crippen molar-refractivity contribution >= 4 is 17.4 Å². The van der Waals surface area contributed by atoms with Gasteiger partial charge < -0.3 is 20.3 Å². The summed E-state index contributed by atoms with van der Waals surface area (Å²) in [6, 6.07) is 4.38. The third kappa shape index (κ3) is 3.39. The fourth-order valence-electron chi connectivity index (χ4n) is 4.20. The maximum atomic E-state index is 12.5. The number of amides is 1. The van der Waals surface area contributed by atoms with E-state index >= 15 is 0 Å². The van der Waals surface area contributed by atoms with Crippen molar-refractivity contribution < 1.29 is 9.53 Å². The quantitative estimate of drug-likeness (QED) is 0.884. The Morgan fingerprint density at radius 2 is 2.08 bits per heavy atom. The summed E-state index contributed by atoms with van der Waals surface area (Å²) >= 11 is 0. The highest BCUT2D eigenvalue weighted by molar-refractivity contribution is 5.94. The highest BCUT2D eigenvalue weighted by atomic mass is 16.5. The van der Waals surface area contributed by atoms with Crippen molar-refractivity contribution in [2.45, 2.75) is 44.2 Å². The van der Waals surface area contributed by atoms with E-state index < -0.39 is 0 Å². The summed E-state index contributed by atoms with van der Waals surface area (Å²) in [7, 11) is 0. The van der Waals surface area contributed by atoms with Crippen LogP contribution in [0.15, 0.2) is 18.3 Å². The highest BCUT2D eigenvalue weighted by Crippen LogP contribution is 2.33. The number of aromatic nitrogens is 1. The van der Waals surface area contributed by atoms with Crippen LogP contribution in [0, 0.1) is 5.92 Å². The van der Waals surface area contributed by atoms with Crippen molar-refractivity contribution in [3.05, 3.63) is 18.3 Å². The lowest BCUT2D eigenvalue weighted by Crippen LogP contribution is -2.40. The molecule has 2 aliphatic heterocycles. The molecule has 2 N–H and O–H groups in total. The molecule has 1 aromatic rings. The monoisotopic (exact) mass is 330 g/mol. The number of hydrogen-bond donors (Lipinski definition) is 2.